The highest BCUT2D eigenvalue weighted by Gasteiger charge is 2.58. The molecule has 1 aromatic rings. The van der Waals surface area contributed by atoms with Crippen LogP contribution in [0.5, 0.6) is 0 Å². The van der Waals surface area contributed by atoms with E-state index in [1.54, 1.807) is 12.1 Å². The van der Waals surface area contributed by atoms with E-state index in [1.165, 1.54) is 23.7 Å². The van der Waals surface area contributed by atoms with Crippen molar-refractivity contribution in [3.8, 4) is 0 Å². The minimum Gasteiger partial charge on any atom is -0.453 e. The molecule has 1 atom stereocenters. The van der Waals surface area contributed by atoms with Crippen LogP contribution in [-0.2, 0) is 19.1 Å². The van der Waals surface area contributed by atoms with Crippen LogP contribution in [0.3, 0.4) is 0 Å². The molecule has 0 aromatic heterocycles. The number of urea groups is 1. The first-order valence-corrected chi connectivity index (χ1v) is 8.09. The number of hydrogen-bond donors (Lipinski definition) is 2. The summed E-state index contributed by atoms with van der Waals surface area (Å²) in [6.07, 6.45) is 0.544. The number of imide groups is 1. The van der Waals surface area contributed by atoms with Crippen LogP contribution in [-0.4, -0.2) is 42.3 Å². The molecule has 24 heavy (non-hydrogen) atoms. The van der Waals surface area contributed by atoms with Gasteiger partial charge in [-0.05, 0) is 12.1 Å². The molecule has 0 saturated carbocycles. The van der Waals surface area contributed by atoms with Gasteiger partial charge < -0.3 is 10.1 Å². The molecule has 126 valence electrons. The number of ether oxygens (including phenoxy) is 1. The van der Waals surface area contributed by atoms with Crippen LogP contribution in [0.1, 0.15) is 12.8 Å². The van der Waals surface area contributed by atoms with Gasteiger partial charge in [0.15, 0.2) is 11.5 Å². The highest BCUT2D eigenvalue weighted by atomic mass is 32.2. The SMILES string of the molecule is CNC(=O)NC(=O)COC(=O)C12CCC(=O)N1c1ccccc1S2. The number of anilines is 1. The predicted octanol–water partition coefficient (Wildman–Crippen LogP) is 0.614. The molecule has 0 radical (unpaired) electrons. The minimum absolute atomic E-state index is 0.154. The van der Waals surface area contributed by atoms with E-state index in [2.05, 4.69) is 5.32 Å². The standard InChI is InChI=1S/C15H15N3O5S/c1-16-14(22)17-11(19)8-23-13(21)15-7-6-12(20)18(15)9-4-2-3-5-10(9)24-15/h2-5H,6-8H2,1H3,(H2,16,17,19,22). The molecular weight excluding hydrogens is 334 g/mol. The minimum atomic E-state index is -1.17. The first-order chi connectivity index (χ1) is 11.5. The molecule has 1 saturated heterocycles. The molecule has 2 aliphatic heterocycles. The fraction of sp³-hybridized carbons (Fsp3) is 0.333. The number of benzene rings is 1. The maximum atomic E-state index is 12.6. The summed E-state index contributed by atoms with van der Waals surface area (Å²) in [5.74, 6) is -1.56. The molecule has 9 heteroatoms. The number of fused-ring (bicyclic) bond motifs is 3. The van der Waals surface area contributed by atoms with Crippen molar-refractivity contribution in [2.45, 2.75) is 22.6 Å². The second kappa shape index (κ2) is 6.16. The van der Waals surface area contributed by atoms with Crippen LogP contribution in [0.25, 0.3) is 0 Å². The van der Waals surface area contributed by atoms with Crippen LogP contribution < -0.4 is 15.5 Å². The molecule has 1 unspecified atom stereocenters. The topological polar surface area (TPSA) is 105 Å². The summed E-state index contributed by atoms with van der Waals surface area (Å²) in [6.45, 7) is -0.590. The zero-order chi connectivity index (χ0) is 17.3. The highest BCUT2D eigenvalue weighted by molar-refractivity contribution is 8.02. The van der Waals surface area contributed by atoms with Crippen LogP contribution in [0.2, 0.25) is 0 Å². The van der Waals surface area contributed by atoms with Crippen molar-refractivity contribution < 1.29 is 23.9 Å². The summed E-state index contributed by atoms with van der Waals surface area (Å²) in [4.78, 5) is 48.5. The van der Waals surface area contributed by atoms with Crippen molar-refractivity contribution in [3.63, 3.8) is 0 Å². The van der Waals surface area contributed by atoms with Crippen LogP contribution in [0.4, 0.5) is 10.5 Å². The summed E-state index contributed by atoms with van der Waals surface area (Å²) < 4.78 is 5.07. The lowest BCUT2D eigenvalue weighted by Crippen LogP contribution is -2.49. The van der Waals surface area contributed by atoms with Crippen molar-refractivity contribution in [1.29, 1.82) is 0 Å². The number of nitrogens with zero attached hydrogens (tertiary/aromatic N) is 1. The molecule has 0 bridgehead atoms. The summed E-state index contributed by atoms with van der Waals surface area (Å²) >= 11 is 1.26. The third-order valence-corrected chi connectivity index (χ3v) is 5.26. The van der Waals surface area contributed by atoms with Crippen LogP contribution in [0, 0.1) is 0 Å². The largest absolute Gasteiger partial charge is 0.453 e. The lowest BCUT2D eigenvalue weighted by Gasteiger charge is -2.28. The van der Waals surface area contributed by atoms with E-state index in [9.17, 15) is 19.2 Å². The Balaban J connectivity index is 1.74. The van der Waals surface area contributed by atoms with Gasteiger partial charge in [-0.25, -0.2) is 9.59 Å². The van der Waals surface area contributed by atoms with Crippen molar-refractivity contribution in [2.75, 3.05) is 18.6 Å². The quantitative estimate of drug-likeness (QED) is 0.775. The molecule has 0 spiro atoms. The van der Waals surface area contributed by atoms with Crippen molar-refractivity contribution in [2.24, 2.45) is 0 Å². The van der Waals surface area contributed by atoms with Crippen molar-refractivity contribution in [1.82, 2.24) is 10.6 Å². The van der Waals surface area contributed by atoms with Gasteiger partial charge in [-0.15, -0.1) is 0 Å². The summed E-state index contributed by atoms with van der Waals surface area (Å²) in [5, 5.41) is 4.23. The maximum absolute atomic E-state index is 12.6. The fourth-order valence-electron chi connectivity index (χ4n) is 2.74. The van der Waals surface area contributed by atoms with Gasteiger partial charge in [0.05, 0.1) is 5.69 Å². The number of para-hydroxylation sites is 1. The lowest BCUT2D eigenvalue weighted by atomic mass is 10.2. The average molecular weight is 349 g/mol. The first kappa shape index (κ1) is 16.3. The number of nitrogens with one attached hydrogen (secondary N) is 2. The third-order valence-electron chi connectivity index (χ3n) is 3.81. The third kappa shape index (κ3) is 2.60. The summed E-state index contributed by atoms with van der Waals surface area (Å²) in [7, 11) is 1.36. The van der Waals surface area contributed by atoms with E-state index in [4.69, 9.17) is 4.74 Å². The number of rotatable bonds is 3. The molecule has 8 nitrogen and oxygen atoms in total. The monoisotopic (exact) mass is 349 g/mol. The molecule has 1 aromatic carbocycles. The van der Waals surface area contributed by atoms with Gasteiger partial charge in [-0.3, -0.25) is 19.8 Å². The molecule has 1 fully saturated rings. The number of carbonyl (C=O) groups excluding carboxylic acids is 4. The molecule has 2 heterocycles. The number of hydrogen-bond acceptors (Lipinski definition) is 6. The van der Waals surface area contributed by atoms with Gasteiger partial charge in [0.1, 0.15) is 0 Å². The second-order valence-electron chi connectivity index (χ2n) is 5.29. The Labute approximate surface area is 141 Å². The van der Waals surface area contributed by atoms with Crippen LogP contribution in [0.15, 0.2) is 29.2 Å². The van der Waals surface area contributed by atoms with Gasteiger partial charge >= 0.3 is 12.0 Å². The predicted molar refractivity (Wildman–Crippen MR) is 85.3 cm³/mol. The molecule has 3 rings (SSSR count). The number of carbonyl (C=O) groups is 4. The zero-order valence-electron chi connectivity index (χ0n) is 12.8. The Morgan fingerprint density at radius 1 is 1.33 bits per heavy atom. The normalized spacial score (nSPS) is 21.0. The Hall–Kier alpha value is -2.55. The van der Waals surface area contributed by atoms with Crippen molar-refractivity contribution in [3.05, 3.63) is 24.3 Å². The maximum Gasteiger partial charge on any atom is 0.344 e. The Bertz CT molecular complexity index is 738. The number of amides is 4. The Morgan fingerprint density at radius 2 is 2.08 bits per heavy atom. The van der Waals surface area contributed by atoms with Gasteiger partial charge in [0, 0.05) is 24.8 Å². The molecule has 4 amide bonds. The van der Waals surface area contributed by atoms with E-state index < -0.39 is 29.4 Å². The lowest BCUT2D eigenvalue weighted by molar-refractivity contribution is -0.150. The van der Waals surface area contributed by atoms with Crippen molar-refractivity contribution >= 4 is 41.3 Å². The van der Waals surface area contributed by atoms with E-state index in [-0.39, 0.29) is 12.3 Å². The summed E-state index contributed by atoms with van der Waals surface area (Å²) in [5.41, 5.74) is 0.678. The second-order valence-corrected chi connectivity index (χ2v) is 6.61. The smallest absolute Gasteiger partial charge is 0.344 e. The average Bonchev–Trinajstić information content (AvgIpc) is 3.08. The van der Waals surface area contributed by atoms with Gasteiger partial charge in [-0.1, -0.05) is 23.9 Å². The van der Waals surface area contributed by atoms with Gasteiger partial charge in [0.25, 0.3) is 5.91 Å². The highest BCUT2D eigenvalue weighted by Crippen LogP contribution is 2.56. The molecule has 2 aliphatic rings. The molecule has 0 aliphatic carbocycles. The molecular formula is C15H15N3O5S. The molecule has 2 N–H and O–H groups in total. The first-order valence-electron chi connectivity index (χ1n) is 7.28. The Morgan fingerprint density at radius 3 is 2.83 bits per heavy atom. The Kier molecular flexibility index (Phi) is 4.18. The van der Waals surface area contributed by atoms with E-state index >= 15 is 0 Å². The van der Waals surface area contributed by atoms with Crippen LogP contribution >= 0.6 is 11.8 Å². The number of esters is 1. The van der Waals surface area contributed by atoms with E-state index in [0.717, 1.165) is 4.90 Å². The number of thioether (sulfide) groups is 1. The fourth-order valence-corrected chi connectivity index (χ4v) is 4.15. The van der Waals surface area contributed by atoms with Gasteiger partial charge in [-0.2, -0.15) is 0 Å². The van der Waals surface area contributed by atoms with E-state index in [1.807, 2.05) is 17.4 Å². The zero-order valence-corrected chi connectivity index (χ0v) is 13.6. The van der Waals surface area contributed by atoms with Gasteiger partial charge in [0.2, 0.25) is 5.91 Å². The summed E-state index contributed by atoms with van der Waals surface area (Å²) in [6, 6.07) is 6.55. The van der Waals surface area contributed by atoms with E-state index in [0.29, 0.717) is 12.1 Å².